The molecule has 7 nitrogen and oxygen atoms in total. The topological polar surface area (TPSA) is 91.8 Å². The third-order valence-corrected chi connectivity index (χ3v) is 5.52. The first-order valence-electron chi connectivity index (χ1n) is 9.50. The normalized spacial score (nSPS) is 15.5. The number of halogens is 1. The summed E-state index contributed by atoms with van der Waals surface area (Å²) in [5.41, 5.74) is 0. The van der Waals surface area contributed by atoms with Crippen LogP contribution in [0.1, 0.15) is 46.5 Å². The number of rotatable bonds is 13. The van der Waals surface area contributed by atoms with E-state index in [0.717, 1.165) is 32.4 Å². The minimum atomic E-state index is -3.22. The van der Waals surface area contributed by atoms with Gasteiger partial charge in [0.15, 0.2) is 5.96 Å². The van der Waals surface area contributed by atoms with Crippen LogP contribution in [0.4, 0.5) is 0 Å². The second-order valence-corrected chi connectivity index (χ2v) is 8.87. The van der Waals surface area contributed by atoms with E-state index < -0.39 is 10.0 Å². The summed E-state index contributed by atoms with van der Waals surface area (Å²) in [6, 6.07) is 0. The van der Waals surface area contributed by atoms with Gasteiger partial charge in [-0.25, -0.2) is 13.1 Å². The molecular formula is C17H37IN4O3S. The number of hydrogen-bond acceptors (Lipinski definition) is 4. The summed E-state index contributed by atoms with van der Waals surface area (Å²) in [5, 5.41) is 6.18. The van der Waals surface area contributed by atoms with Crippen LogP contribution in [-0.2, 0) is 14.8 Å². The molecule has 0 spiro atoms. The highest BCUT2D eigenvalue weighted by Crippen LogP contribution is 2.25. The highest BCUT2D eigenvalue weighted by molar-refractivity contribution is 14.0. The molecule has 0 bridgehead atoms. The van der Waals surface area contributed by atoms with E-state index in [9.17, 15) is 8.42 Å². The van der Waals surface area contributed by atoms with Crippen molar-refractivity contribution in [2.45, 2.75) is 46.5 Å². The van der Waals surface area contributed by atoms with E-state index in [2.05, 4.69) is 34.2 Å². The van der Waals surface area contributed by atoms with Crippen molar-refractivity contribution in [3.63, 3.8) is 0 Å². The Bertz CT molecular complexity index is 482. The summed E-state index contributed by atoms with van der Waals surface area (Å²) < 4.78 is 32.2. The van der Waals surface area contributed by atoms with Crippen molar-refractivity contribution in [2.24, 2.45) is 16.8 Å². The van der Waals surface area contributed by atoms with Crippen LogP contribution in [0.2, 0.25) is 0 Å². The van der Waals surface area contributed by atoms with Crippen LogP contribution in [0.25, 0.3) is 0 Å². The average Bonchev–Trinajstić information content (AvgIpc) is 2.48. The monoisotopic (exact) mass is 504 g/mol. The minimum Gasteiger partial charge on any atom is -0.380 e. The van der Waals surface area contributed by atoms with Gasteiger partial charge >= 0.3 is 0 Å². The van der Waals surface area contributed by atoms with Crippen LogP contribution < -0.4 is 15.4 Å². The summed E-state index contributed by atoms with van der Waals surface area (Å²) in [6.45, 7) is 9.84. The average molecular weight is 504 g/mol. The summed E-state index contributed by atoms with van der Waals surface area (Å²) >= 11 is 0. The summed E-state index contributed by atoms with van der Waals surface area (Å²) in [5.74, 6) is 1.85. The highest BCUT2D eigenvalue weighted by Gasteiger charge is 2.19. The van der Waals surface area contributed by atoms with Gasteiger partial charge in [-0.3, -0.25) is 4.99 Å². The molecule has 0 heterocycles. The predicted octanol–water partition coefficient (Wildman–Crippen LogP) is 1.94. The molecular weight excluding hydrogens is 467 g/mol. The van der Waals surface area contributed by atoms with Crippen LogP contribution in [0, 0.1) is 11.8 Å². The molecule has 1 saturated carbocycles. The fourth-order valence-electron chi connectivity index (χ4n) is 2.30. The van der Waals surface area contributed by atoms with Crippen molar-refractivity contribution in [1.29, 1.82) is 0 Å². The number of aliphatic imine (C=N–C) groups is 1. The zero-order chi connectivity index (χ0) is 18.5. The fourth-order valence-corrected chi connectivity index (χ4v) is 3.31. The second kappa shape index (κ2) is 14.9. The van der Waals surface area contributed by atoms with Gasteiger partial charge in [-0.05, 0) is 38.0 Å². The maximum atomic E-state index is 12.0. The first-order valence-corrected chi connectivity index (χ1v) is 11.2. The van der Waals surface area contributed by atoms with E-state index in [4.69, 9.17) is 4.74 Å². The number of guanidine groups is 1. The lowest BCUT2D eigenvalue weighted by molar-refractivity contribution is 0.130. The van der Waals surface area contributed by atoms with Crippen molar-refractivity contribution in [3.8, 4) is 0 Å². The van der Waals surface area contributed by atoms with E-state index in [-0.39, 0.29) is 29.7 Å². The van der Waals surface area contributed by atoms with Gasteiger partial charge in [0.1, 0.15) is 0 Å². The van der Waals surface area contributed by atoms with Gasteiger partial charge in [0, 0.05) is 26.2 Å². The second-order valence-electron chi connectivity index (χ2n) is 6.95. The number of ether oxygens (including phenoxy) is 1. The number of nitrogens with zero attached hydrogens (tertiary/aromatic N) is 1. The van der Waals surface area contributed by atoms with Gasteiger partial charge in [0.05, 0.1) is 18.9 Å². The molecule has 1 rings (SSSR count). The zero-order valence-electron chi connectivity index (χ0n) is 16.4. The van der Waals surface area contributed by atoms with Crippen molar-refractivity contribution in [2.75, 3.05) is 45.1 Å². The van der Waals surface area contributed by atoms with Gasteiger partial charge in [-0.15, -0.1) is 24.0 Å². The van der Waals surface area contributed by atoms with E-state index in [1.165, 1.54) is 6.42 Å². The Hall–Kier alpha value is -0.130. The molecule has 0 atom stereocenters. The summed E-state index contributed by atoms with van der Waals surface area (Å²) in [7, 11) is -3.22. The maximum Gasteiger partial charge on any atom is 0.213 e. The molecule has 9 heteroatoms. The van der Waals surface area contributed by atoms with E-state index in [0.29, 0.717) is 44.0 Å². The Morgan fingerprint density at radius 2 is 1.96 bits per heavy atom. The molecule has 0 radical (unpaired) electrons. The van der Waals surface area contributed by atoms with Crippen molar-refractivity contribution < 1.29 is 13.2 Å². The van der Waals surface area contributed by atoms with Gasteiger partial charge in [0.25, 0.3) is 0 Å². The first kappa shape index (κ1) is 25.9. The predicted molar refractivity (Wildman–Crippen MR) is 119 cm³/mol. The van der Waals surface area contributed by atoms with Gasteiger partial charge in [-0.2, -0.15) is 0 Å². The van der Waals surface area contributed by atoms with E-state index in [1.54, 1.807) is 0 Å². The Balaban J connectivity index is 0.00000625. The lowest BCUT2D eigenvalue weighted by Crippen LogP contribution is -2.42. The van der Waals surface area contributed by atoms with Crippen LogP contribution in [0.5, 0.6) is 0 Å². The number of nitrogens with one attached hydrogen (secondary N) is 3. The zero-order valence-corrected chi connectivity index (χ0v) is 19.6. The largest absolute Gasteiger partial charge is 0.380 e. The molecule has 0 amide bonds. The summed E-state index contributed by atoms with van der Waals surface area (Å²) in [6.07, 6.45) is 4.54. The van der Waals surface area contributed by atoms with Crippen LogP contribution >= 0.6 is 24.0 Å². The van der Waals surface area contributed by atoms with Gasteiger partial charge in [0.2, 0.25) is 10.0 Å². The Morgan fingerprint density at radius 1 is 1.23 bits per heavy atom. The van der Waals surface area contributed by atoms with Crippen molar-refractivity contribution in [1.82, 2.24) is 15.4 Å². The van der Waals surface area contributed by atoms with Crippen LogP contribution in [-0.4, -0.2) is 59.5 Å². The molecule has 1 fully saturated rings. The molecule has 0 aromatic carbocycles. The maximum absolute atomic E-state index is 12.0. The molecule has 0 unspecified atom stereocenters. The molecule has 0 aromatic heterocycles. The number of hydrogen-bond donors (Lipinski definition) is 3. The van der Waals surface area contributed by atoms with Crippen LogP contribution in [0.3, 0.4) is 0 Å². The quantitative estimate of drug-likeness (QED) is 0.154. The molecule has 0 aliphatic heterocycles. The molecule has 0 saturated heterocycles. The Kier molecular flexibility index (Phi) is 14.8. The van der Waals surface area contributed by atoms with E-state index in [1.807, 2.05) is 6.92 Å². The lowest BCUT2D eigenvalue weighted by Gasteiger charge is -2.25. The molecule has 3 N–H and O–H groups in total. The summed E-state index contributed by atoms with van der Waals surface area (Å²) in [4.78, 5) is 4.40. The molecule has 26 heavy (non-hydrogen) atoms. The van der Waals surface area contributed by atoms with Gasteiger partial charge < -0.3 is 15.4 Å². The lowest BCUT2D eigenvalue weighted by atomic mass is 9.86. The molecule has 1 aliphatic rings. The molecule has 0 aromatic rings. The standard InChI is InChI=1S/C17H36N4O3S.HI/c1-4-18-17(19-9-12-24-11-8-15(2)3)20-10-13-25(22,23)21-14-16-6-5-7-16;/h15-16,21H,4-14H2,1-3H3,(H2,18,19,20);1H. The minimum absolute atomic E-state index is 0. The Morgan fingerprint density at radius 3 is 2.54 bits per heavy atom. The SMILES string of the molecule is CCNC(=NCCOCCC(C)C)NCCS(=O)(=O)NCC1CCC1.I. The van der Waals surface area contributed by atoms with Crippen molar-refractivity contribution >= 4 is 40.0 Å². The fraction of sp³-hybridized carbons (Fsp3) is 0.941. The van der Waals surface area contributed by atoms with Gasteiger partial charge in [-0.1, -0.05) is 20.3 Å². The third-order valence-electron chi connectivity index (χ3n) is 4.17. The Labute approximate surface area is 176 Å². The van der Waals surface area contributed by atoms with E-state index >= 15 is 0 Å². The smallest absolute Gasteiger partial charge is 0.213 e. The number of sulfonamides is 1. The molecule has 156 valence electrons. The van der Waals surface area contributed by atoms with Crippen molar-refractivity contribution in [3.05, 3.63) is 0 Å². The highest BCUT2D eigenvalue weighted by atomic mass is 127. The molecule has 1 aliphatic carbocycles. The van der Waals surface area contributed by atoms with Crippen LogP contribution in [0.15, 0.2) is 4.99 Å². The third kappa shape index (κ3) is 13.1. The first-order chi connectivity index (χ1) is 11.9.